The van der Waals surface area contributed by atoms with Crippen LogP contribution in [0.4, 0.5) is 4.39 Å². The maximum atomic E-state index is 12.8. The lowest BCUT2D eigenvalue weighted by molar-refractivity contribution is 0.0951. The van der Waals surface area contributed by atoms with E-state index < -0.39 is 5.82 Å². The lowest BCUT2D eigenvalue weighted by Gasteiger charge is -2.08. The van der Waals surface area contributed by atoms with Crippen LogP contribution in [0.1, 0.15) is 9.67 Å². The Labute approximate surface area is 119 Å². The molecule has 1 N–H and O–H groups in total. The van der Waals surface area contributed by atoms with Gasteiger partial charge in [-0.2, -0.15) is 0 Å². The highest BCUT2D eigenvalue weighted by atomic mass is 35.5. The molecular weight excluding hydrogens is 289 g/mol. The van der Waals surface area contributed by atoms with Gasteiger partial charge < -0.3 is 10.1 Å². The Morgan fingerprint density at radius 2 is 2.26 bits per heavy atom. The third kappa shape index (κ3) is 3.94. The zero-order valence-corrected chi connectivity index (χ0v) is 11.4. The van der Waals surface area contributed by atoms with Crippen molar-refractivity contribution in [1.29, 1.82) is 0 Å². The van der Waals surface area contributed by atoms with Gasteiger partial charge in [-0.25, -0.2) is 4.39 Å². The van der Waals surface area contributed by atoms with Gasteiger partial charge in [-0.05, 0) is 29.6 Å². The monoisotopic (exact) mass is 299 g/mol. The Hall–Kier alpha value is -1.59. The Kier molecular flexibility index (Phi) is 4.76. The smallest absolute Gasteiger partial charge is 0.261 e. The zero-order valence-electron chi connectivity index (χ0n) is 9.86. The number of hydrogen-bond acceptors (Lipinski definition) is 3. The molecule has 3 nitrogen and oxygen atoms in total. The fourth-order valence-electron chi connectivity index (χ4n) is 1.41. The van der Waals surface area contributed by atoms with E-state index in [0.717, 1.165) is 0 Å². The predicted molar refractivity (Wildman–Crippen MR) is 73.6 cm³/mol. The minimum atomic E-state index is -0.414. The van der Waals surface area contributed by atoms with Crippen LogP contribution >= 0.6 is 22.9 Å². The summed E-state index contributed by atoms with van der Waals surface area (Å²) >= 11 is 7.18. The number of amides is 1. The van der Waals surface area contributed by atoms with Gasteiger partial charge in [0.25, 0.3) is 5.91 Å². The van der Waals surface area contributed by atoms with Crippen LogP contribution in [0.15, 0.2) is 35.7 Å². The maximum absolute atomic E-state index is 12.8. The number of hydrogen-bond donors (Lipinski definition) is 1. The van der Waals surface area contributed by atoms with E-state index in [1.165, 1.54) is 29.5 Å². The molecule has 1 amide bonds. The molecule has 6 heteroatoms. The van der Waals surface area contributed by atoms with Gasteiger partial charge in [-0.15, -0.1) is 11.3 Å². The lowest BCUT2D eigenvalue weighted by Crippen LogP contribution is -2.27. The van der Waals surface area contributed by atoms with E-state index in [1.807, 2.05) is 11.4 Å². The molecule has 1 aromatic heterocycles. The highest BCUT2D eigenvalue weighted by Crippen LogP contribution is 2.24. The van der Waals surface area contributed by atoms with Gasteiger partial charge in [-0.3, -0.25) is 4.79 Å². The average molecular weight is 300 g/mol. The molecule has 2 aromatic rings. The van der Waals surface area contributed by atoms with Crippen molar-refractivity contribution < 1.29 is 13.9 Å². The van der Waals surface area contributed by atoms with Crippen molar-refractivity contribution in [2.45, 2.75) is 0 Å². The van der Waals surface area contributed by atoms with Gasteiger partial charge in [-0.1, -0.05) is 17.7 Å². The molecule has 0 spiro atoms. The summed E-state index contributed by atoms with van der Waals surface area (Å²) in [6.45, 7) is 0.618. The molecule has 0 unspecified atom stereocenters. The minimum absolute atomic E-state index is 0.135. The number of halogens is 2. The topological polar surface area (TPSA) is 38.3 Å². The molecule has 1 aromatic carbocycles. The van der Waals surface area contributed by atoms with Crippen LogP contribution in [-0.4, -0.2) is 19.1 Å². The van der Waals surface area contributed by atoms with E-state index in [0.29, 0.717) is 17.2 Å². The molecule has 100 valence electrons. The van der Waals surface area contributed by atoms with Crippen molar-refractivity contribution in [3.63, 3.8) is 0 Å². The van der Waals surface area contributed by atoms with Crippen LogP contribution in [0.2, 0.25) is 5.02 Å². The summed E-state index contributed by atoms with van der Waals surface area (Å²) in [4.78, 5) is 12.2. The first-order valence-electron chi connectivity index (χ1n) is 5.56. The van der Waals surface area contributed by atoms with E-state index in [4.69, 9.17) is 16.3 Å². The molecule has 19 heavy (non-hydrogen) atoms. The predicted octanol–water partition coefficient (Wildman–Crippen LogP) is 3.35. The molecule has 0 aliphatic heterocycles. The molecule has 2 rings (SSSR count). The largest absolute Gasteiger partial charge is 0.490 e. The molecule has 1 heterocycles. The van der Waals surface area contributed by atoms with Crippen LogP contribution in [0.25, 0.3) is 0 Å². The number of rotatable bonds is 5. The lowest BCUT2D eigenvalue weighted by atomic mass is 10.3. The van der Waals surface area contributed by atoms with Crippen LogP contribution < -0.4 is 10.1 Å². The Morgan fingerprint density at radius 3 is 2.95 bits per heavy atom. The Bertz CT molecular complexity index is 560. The first-order valence-corrected chi connectivity index (χ1v) is 6.82. The highest BCUT2D eigenvalue weighted by Gasteiger charge is 2.06. The van der Waals surface area contributed by atoms with E-state index in [-0.39, 0.29) is 17.5 Å². The summed E-state index contributed by atoms with van der Waals surface area (Å²) in [5.74, 6) is -0.152. The Morgan fingerprint density at radius 1 is 1.42 bits per heavy atom. The van der Waals surface area contributed by atoms with Gasteiger partial charge in [0.2, 0.25) is 0 Å². The first-order chi connectivity index (χ1) is 9.16. The van der Waals surface area contributed by atoms with Gasteiger partial charge in [0.15, 0.2) is 0 Å². The Balaban J connectivity index is 1.76. The fraction of sp³-hybridized carbons (Fsp3) is 0.154. The molecule has 0 aliphatic carbocycles. The summed E-state index contributed by atoms with van der Waals surface area (Å²) in [6.07, 6.45) is 0. The maximum Gasteiger partial charge on any atom is 0.261 e. The second-order valence-corrected chi connectivity index (χ2v) is 5.01. The van der Waals surface area contributed by atoms with Gasteiger partial charge >= 0.3 is 0 Å². The van der Waals surface area contributed by atoms with Gasteiger partial charge in [0, 0.05) is 0 Å². The second-order valence-electron chi connectivity index (χ2n) is 3.66. The number of benzene rings is 1. The molecular formula is C13H11ClFNO2S. The third-order valence-electron chi connectivity index (χ3n) is 2.28. The highest BCUT2D eigenvalue weighted by molar-refractivity contribution is 7.12. The summed E-state index contributed by atoms with van der Waals surface area (Å²) in [6, 6.07) is 7.47. The standard InChI is InChI=1S/C13H11ClFNO2S/c14-10-8-9(15)3-4-11(10)18-6-5-16-13(17)12-2-1-7-19-12/h1-4,7-8H,5-6H2,(H,16,17). The van der Waals surface area contributed by atoms with Crippen molar-refractivity contribution in [2.24, 2.45) is 0 Å². The molecule has 0 bridgehead atoms. The van der Waals surface area contributed by atoms with E-state index in [9.17, 15) is 9.18 Å². The van der Waals surface area contributed by atoms with Crippen molar-refractivity contribution in [1.82, 2.24) is 5.32 Å². The normalized spacial score (nSPS) is 10.2. The van der Waals surface area contributed by atoms with Crippen molar-refractivity contribution in [3.8, 4) is 5.75 Å². The molecule has 0 saturated heterocycles. The molecule has 0 aliphatic rings. The summed E-state index contributed by atoms with van der Waals surface area (Å²) in [7, 11) is 0. The van der Waals surface area contributed by atoms with Crippen LogP contribution in [-0.2, 0) is 0 Å². The van der Waals surface area contributed by atoms with Gasteiger partial charge in [0.1, 0.15) is 18.2 Å². The summed E-state index contributed by atoms with van der Waals surface area (Å²) < 4.78 is 18.2. The van der Waals surface area contributed by atoms with Crippen molar-refractivity contribution >= 4 is 28.8 Å². The van der Waals surface area contributed by atoms with Crippen molar-refractivity contribution in [2.75, 3.05) is 13.2 Å². The molecule has 0 radical (unpaired) electrons. The fourth-order valence-corrected chi connectivity index (χ4v) is 2.27. The van der Waals surface area contributed by atoms with Crippen LogP contribution in [0.3, 0.4) is 0 Å². The van der Waals surface area contributed by atoms with E-state index >= 15 is 0 Å². The van der Waals surface area contributed by atoms with E-state index in [2.05, 4.69) is 5.32 Å². The summed E-state index contributed by atoms with van der Waals surface area (Å²) in [5.41, 5.74) is 0. The number of thiophene rings is 1. The van der Waals surface area contributed by atoms with Crippen molar-refractivity contribution in [3.05, 3.63) is 51.4 Å². The second kappa shape index (κ2) is 6.54. The molecule has 0 fully saturated rings. The minimum Gasteiger partial charge on any atom is -0.490 e. The number of nitrogens with one attached hydrogen (secondary N) is 1. The van der Waals surface area contributed by atoms with E-state index in [1.54, 1.807) is 6.07 Å². The quantitative estimate of drug-likeness (QED) is 0.860. The summed E-state index contributed by atoms with van der Waals surface area (Å²) in [5, 5.41) is 4.77. The zero-order chi connectivity index (χ0) is 13.7. The number of carbonyl (C=O) groups excluding carboxylic acids is 1. The molecule has 0 atom stereocenters. The number of carbonyl (C=O) groups is 1. The molecule has 0 saturated carbocycles. The average Bonchev–Trinajstić information content (AvgIpc) is 2.90. The SMILES string of the molecule is O=C(NCCOc1ccc(F)cc1Cl)c1cccs1. The van der Waals surface area contributed by atoms with Gasteiger partial charge in [0.05, 0.1) is 16.4 Å². The van der Waals surface area contributed by atoms with Crippen LogP contribution in [0.5, 0.6) is 5.75 Å². The van der Waals surface area contributed by atoms with Crippen LogP contribution in [0, 0.1) is 5.82 Å². The number of ether oxygens (including phenoxy) is 1. The first kappa shape index (κ1) is 13.8. The third-order valence-corrected chi connectivity index (χ3v) is 3.45.